The zero-order valence-electron chi connectivity index (χ0n) is 30.2. The summed E-state index contributed by atoms with van der Waals surface area (Å²) in [5.41, 5.74) is 5.27. The van der Waals surface area contributed by atoms with Gasteiger partial charge in [0.2, 0.25) is 0 Å². The number of carbonyl (C=O) groups excluding carboxylic acids is 1. The molecule has 0 unspecified atom stereocenters. The van der Waals surface area contributed by atoms with Crippen LogP contribution >= 0.6 is 11.6 Å². The molecule has 5 atom stereocenters. The summed E-state index contributed by atoms with van der Waals surface area (Å²) in [6.07, 6.45) is 8.33. The minimum absolute atomic E-state index is 0.00543. The van der Waals surface area contributed by atoms with Crippen molar-refractivity contribution in [2.24, 2.45) is 0 Å². The molecule has 8 heteroatoms. The van der Waals surface area contributed by atoms with Gasteiger partial charge in [0.25, 0.3) is 0 Å². The van der Waals surface area contributed by atoms with Gasteiger partial charge in [0, 0.05) is 31.5 Å². The fraction of sp³-hybridized carbons (Fsp3) is 0.675. The second-order valence-corrected chi connectivity index (χ2v) is 13.2. The number of rotatable bonds is 25. The van der Waals surface area contributed by atoms with Gasteiger partial charge < -0.3 is 33.2 Å². The molecule has 0 saturated carbocycles. The summed E-state index contributed by atoms with van der Waals surface area (Å²) in [4.78, 5) is 11.2. The Hall–Kier alpha value is -1.84. The Balaban J connectivity index is 2.12. The molecular weight excluding hydrogens is 628 g/mol. The van der Waals surface area contributed by atoms with Crippen LogP contribution in [0.4, 0.5) is 0 Å². The lowest BCUT2D eigenvalue weighted by Gasteiger charge is -2.47. The number of aryl methyl sites for hydroxylation is 1. The fourth-order valence-corrected chi connectivity index (χ4v) is 6.20. The van der Waals surface area contributed by atoms with Gasteiger partial charge in [-0.05, 0) is 72.4 Å². The molecule has 1 aliphatic heterocycles. The molecule has 3 rings (SSSR count). The molecule has 0 spiro atoms. The average molecular weight is 689 g/mol. The van der Waals surface area contributed by atoms with Gasteiger partial charge in [0.1, 0.15) is 43.4 Å². The maximum atomic E-state index is 11.2. The number of carbonyl (C=O) groups is 1. The predicted octanol–water partition coefficient (Wildman–Crippen LogP) is 9.02. The van der Waals surface area contributed by atoms with E-state index in [1.165, 1.54) is 11.1 Å². The molecule has 0 radical (unpaired) electrons. The zero-order chi connectivity index (χ0) is 34.6. The number of aldehydes is 1. The average Bonchev–Trinajstić information content (AvgIpc) is 3.09. The third-order valence-electron chi connectivity index (χ3n) is 8.87. The molecule has 2 aromatic carbocycles. The van der Waals surface area contributed by atoms with Gasteiger partial charge in [0.05, 0.1) is 13.2 Å². The van der Waals surface area contributed by atoms with Crippen LogP contribution in [0.25, 0.3) is 0 Å². The van der Waals surface area contributed by atoms with Crippen molar-refractivity contribution in [3.05, 3.63) is 69.2 Å². The second-order valence-electron chi connectivity index (χ2n) is 12.8. The normalized spacial score (nSPS) is 21.1. The van der Waals surface area contributed by atoms with E-state index in [-0.39, 0.29) is 31.5 Å². The van der Waals surface area contributed by atoms with Crippen LogP contribution in [0.2, 0.25) is 5.02 Å². The molecule has 48 heavy (non-hydrogen) atoms. The molecule has 2 aromatic rings. The first-order valence-corrected chi connectivity index (χ1v) is 18.9. The third-order valence-corrected chi connectivity index (χ3v) is 9.22. The number of halogens is 1. The lowest BCUT2D eigenvalue weighted by molar-refractivity contribution is -0.268. The molecule has 0 N–H and O–H groups in total. The molecular formula is C40H61ClO7. The molecule has 7 nitrogen and oxygen atoms in total. The van der Waals surface area contributed by atoms with E-state index in [9.17, 15) is 4.79 Å². The van der Waals surface area contributed by atoms with Crippen molar-refractivity contribution in [2.75, 3.05) is 39.6 Å². The van der Waals surface area contributed by atoms with E-state index in [2.05, 4.69) is 65.0 Å². The molecule has 1 aliphatic rings. The maximum Gasteiger partial charge on any atom is 0.145 e. The van der Waals surface area contributed by atoms with Gasteiger partial charge >= 0.3 is 0 Å². The Morgan fingerprint density at radius 2 is 1.29 bits per heavy atom. The minimum atomic E-state index is -0.493. The molecule has 0 amide bonds. The predicted molar refractivity (Wildman–Crippen MR) is 193 cm³/mol. The SMILES string of the molecule is CCCCOC[C@H]1O[C@@H](c2cc(Cc3ccc(CC)cc3)c(Cl)cc2COCC=O)[C@H](OCCCC)[C@@H](OCCCC)[C@@H]1OCCCC. The van der Waals surface area contributed by atoms with Gasteiger partial charge in [0.15, 0.2) is 0 Å². The van der Waals surface area contributed by atoms with Gasteiger partial charge in [-0.2, -0.15) is 0 Å². The highest BCUT2D eigenvalue weighted by Gasteiger charge is 2.49. The number of hydrogen-bond acceptors (Lipinski definition) is 7. The highest BCUT2D eigenvalue weighted by atomic mass is 35.5. The largest absolute Gasteiger partial charge is 0.379 e. The molecule has 0 aromatic heterocycles. The van der Waals surface area contributed by atoms with E-state index in [1.54, 1.807) is 0 Å². The Morgan fingerprint density at radius 3 is 1.90 bits per heavy atom. The van der Waals surface area contributed by atoms with Crippen molar-refractivity contribution < 1.29 is 33.2 Å². The Labute approximate surface area is 295 Å². The van der Waals surface area contributed by atoms with Crippen molar-refractivity contribution in [3.63, 3.8) is 0 Å². The van der Waals surface area contributed by atoms with E-state index in [0.29, 0.717) is 44.5 Å². The summed E-state index contributed by atoms with van der Waals surface area (Å²) >= 11 is 6.97. The first kappa shape index (κ1) is 40.6. The van der Waals surface area contributed by atoms with Crippen molar-refractivity contribution in [1.29, 1.82) is 0 Å². The van der Waals surface area contributed by atoms with Gasteiger partial charge in [-0.1, -0.05) is 102 Å². The van der Waals surface area contributed by atoms with Crippen LogP contribution in [-0.4, -0.2) is 70.3 Å². The summed E-state index contributed by atoms with van der Waals surface area (Å²) < 4.78 is 39.2. The Kier molecular flexibility index (Phi) is 19.9. The quantitative estimate of drug-likeness (QED) is 0.0761. The Morgan fingerprint density at radius 1 is 0.708 bits per heavy atom. The van der Waals surface area contributed by atoms with E-state index in [1.807, 2.05) is 6.07 Å². The van der Waals surface area contributed by atoms with Crippen LogP contribution in [-0.2, 0) is 52.7 Å². The van der Waals surface area contributed by atoms with Crippen molar-refractivity contribution >= 4 is 17.9 Å². The second kappa shape index (κ2) is 23.5. The number of unbranched alkanes of at least 4 members (excludes halogenated alkanes) is 4. The Bertz CT molecular complexity index is 1160. The van der Waals surface area contributed by atoms with Crippen molar-refractivity contribution in [3.8, 4) is 0 Å². The smallest absolute Gasteiger partial charge is 0.145 e. The van der Waals surface area contributed by atoms with Crippen LogP contribution in [0.15, 0.2) is 36.4 Å². The molecule has 1 saturated heterocycles. The van der Waals surface area contributed by atoms with E-state index < -0.39 is 12.2 Å². The first-order valence-electron chi connectivity index (χ1n) is 18.5. The molecule has 1 heterocycles. The van der Waals surface area contributed by atoms with Crippen molar-refractivity contribution in [1.82, 2.24) is 0 Å². The summed E-state index contributed by atoms with van der Waals surface area (Å²) in [6, 6.07) is 12.8. The number of ether oxygens (including phenoxy) is 6. The van der Waals surface area contributed by atoms with E-state index in [0.717, 1.165) is 80.8 Å². The van der Waals surface area contributed by atoms with Crippen LogP contribution in [0, 0.1) is 0 Å². The highest BCUT2D eigenvalue weighted by Crippen LogP contribution is 2.41. The molecule has 270 valence electrons. The molecule has 1 fully saturated rings. The number of hydrogen-bond donors (Lipinski definition) is 0. The van der Waals surface area contributed by atoms with E-state index in [4.69, 9.17) is 40.0 Å². The van der Waals surface area contributed by atoms with Crippen LogP contribution in [0.3, 0.4) is 0 Å². The van der Waals surface area contributed by atoms with E-state index >= 15 is 0 Å². The zero-order valence-corrected chi connectivity index (χ0v) is 30.9. The van der Waals surface area contributed by atoms with Crippen LogP contribution in [0.5, 0.6) is 0 Å². The fourth-order valence-electron chi connectivity index (χ4n) is 5.94. The molecule has 0 bridgehead atoms. The van der Waals surface area contributed by atoms with Crippen LogP contribution < -0.4 is 0 Å². The lowest BCUT2D eigenvalue weighted by atomic mass is 9.87. The number of benzene rings is 2. The molecule has 0 aliphatic carbocycles. The monoisotopic (exact) mass is 688 g/mol. The summed E-state index contributed by atoms with van der Waals surface area (Å²) in [6.45, 7) is 13.9. The first-order chi connectivity index (χ1) is 23.5. The standard InChI is InChI=1S/C40H61ClO7/c1-6-11-20-43-29-36-38(45-21-12-7-2)40(47-23-14-9-4)39(46-22-13-8-3)37(48-36)34-26-32(25-31-17-15-30(10-5)16-18-31)35(41)27-33(34)28-44-24-19-42/h15-19,26-27,36-40H,6-14,20-25,28-29H2,1-5H3/t36-,37+,38-,39+,40+/m1/s1. The van der Waals surface area contributed by atoms with Gasteiger partial charge in [-0.25, -0.2) is 0 Å². The maximum absolute atomic E-state index is 11.2. The summed E-state index contributed by atoms with van der Waals surface area (Å²) in [5, 5.41) is 0.651. The summed E-state index contributed by atoms with van der Waals surface area (Å²) in [7, 11) is 0. The topological polar surface area (TPSA) is 72.5 Å². The summed E-state index contributed by atoms with van der Waals surface area (Å²) in [5.74, 6) is 0. The van der Waals surface area contributed by atoms with Crippen molar-refractivity contribution in [2.45, 2.75) is 136 Å². The van der Waals surface area contributed by atoms with Crippen LogP contribution in [0.1, 0.15) is 120 Å². The minimum Gasteiger partial charge on any atom is -0.379 e. The lowest BCUT2D eigenvalue weighted by Crippen LogP contribution is -2.58. The highest BCUT2D eigenvalue weighted by molar-refractivity contribution is 6.31. The third kappa shape index (κ3) is 12.8. The van der Waals surface area contributed by atoms with Gasteiger partial charge in [-0.15, -0.1) is 0 Å². The van der Waals surface area contributed by atoms with Gasteiger partial charge in [-0.3, -0.25) is 0 Å².